The minimum atomic E-state index is 0.972. The van der Waals surface area contributed by atoms with Gasteiger partial charge in [-0.25, -0.2) is 0 Å². The molecule has 86 valence electrons. The lowest BCUT2D eigenvalue weighted by molar-refractivity contribution is 0.799. The lowest BCUT2D eigenvalue weighted by Crippen LogP contribution is -1.88. The molecule has 0 aromatic carbocycles. The van der Waals surface area contributed by atoms with Crippen molar-refractivity contribution in [1.29, 1.82) is 0 Å². The second-order valence-electron chi connectivity index (χ2n) is 3.82. The van der Waals surface area contributed by atoms with Gasteiger partial charge in [-0.3, -0.25) is 0 Å². The predicted octanol–water partition coefficient (Wildman–Crippen LogP) is 4.95. The largest absolute Gasteiger partial charge is 0.179 e. The maximum absolute atomic E-state index is 4.25. The molecular weight excluding hydrogens is 200 g/mol. The molecule has 0 aliphatic heterocycles. The summed E-state index contributed by atoms with van der Waals surface area (Å²) in [6.07, 6.45) is 11.0. The van der Waals surface area contributed by atoms with E-state index in [1.165, 1.54) is 18.4 Å². The molecule has 0 aromatic rings. The van der Waals surface area contributed by atoms with Gasteiger partial charge in [0.25, 0.3) is 0 Å². The summed E-state index contributed by atoms with van der Waals surface area (Å²) >= 11 is 4.25. The van der Waals surface area contributed by atoms with Crippen LogP contribution in [0.2, 0.25) is 0 Å². The Labute approximate surface area is 101 Å². The summed E-state index contributed by atoms with van der Waals surface area (Å²) in [5.41, 5.74) is 2.89. The molecule has 0 unspecified atom stereocenters. The van der Waals surface area contributed by atoms with Crippen molar-refractivity contribution in [3.63, 3.8) is 0 Å². The lowest BCUT2D eigenvalue weighted by atomic mass is 10.00. The van der Waals surface area contributed by atoms with E-state index in [9.17, 15) is 0 Å². The average Bonchev–Trinajstić information content (AvgIpc) is 2.27. The van der Waals surface area contributed by atoms with Gasteiger partial charge in [-0.2, -0.15) is 12.6 Å². The van der Waals surface area contributed by atoms with Gasteiger partial charge in [0.1, 0.15) is 0 Å². The molecule has 0 N–H and O–H groups in total. The van der Waals surface area contributed by atoms with Crippen LogP contribution in [0.5, 0.6) is 0 Å². The molecule has 0 atom stereocenters. The molecule has 0 saturated carbocycles. The lowest BCUT2D eigenvalue weighted by Gasteiger charge is -2.07. The third kappa shape index (κ3) is 8.56. The Morgan fingerprint density at radius 2 is 2.00 bits per heavy atom. The average molecular weight is 224 g/mol. The van der Waals surface area contributed by atoms with E-state index >= 15 is 0 Å². The van der Waals surface area contributed by atoms with Crippen molar-refractivity contribution in [3.8, 4) is 0 Å². The molecule has 0 bridgehead atoms. The second kappa shape index (κ2) is 10.1. The molecule has 15 heavy (non-hydrogen) atoms. The van der Waals surface area contributed by atoms with Crippen molar-refractivity contribution in [2.45, 2.75) is 45.4 Å². The number of thiol groups is 1. The molecular formula is C14H24S. The van der Waals surface area contributed by atoms with Crippen molar-refractivity contribution in [2.75, 3.05) is 5.75 Å². The first-order valence-corrected chi connectivity index (χ1v) is 6.44. The van der Waals surface area contributed by atoms with E-state index in [-0.39, 0.29) is 0 Å². The normalized spacial score (nSPS) is 11.5. The Bertz CT molecular complexity index is 213. The highest BCUT2D eigenvalue weighted by molar-refractivity contribution is 7.80. The maximum atomic E-state index is 4.25. The van der Waals surface area contributed by atoms with Crippen LogP contribution >= 0.6 is 12.6 Å². The van der Waals surface area contributed by atoms with E-state index in [0.29, 0.717) is 0 Å². The molecule has 0 heterocycles. The summed E-state index contributed by atoms with van der Waals surface area (Å²) in [5.74, 6) is 0.972. The summed E-state index contributed by atoms with van der Waals surface area (Å²) in [7, 11) is 0. The van der Waals surface area contributed by atoms with Gasteiger partial charge < -0.3 is 0 Å². The van der Waals surface area contributed by atoms with E-state index < -0.39 is 0 Å². The Hall–Kier alpha value is -0.430. The van der Waals surface area contributed by atoms with Gasteiger partial charge >= 0.3 is 0 Å². The van der Waals surface area contributed by atoms with Gasteiger partial charge in [0.05, 0.1) is 0 Å². The fourth-order valence-electron chi connectivity index (χ4n) is 1.40. The van der Waals surface area contributed by atoms with Gasteiger partial charge in [-0.15, -0.1) is 6.58 Å². The summed E-state index contributed by atoms with van der Waals surface area (Å²) < 4.78 is 0. The zero-order valence-electron chi connectivity index (χ0n) is 9.97. The van der Waals surface area contributed by atoms with Crippen LogP contribution in [-0.2, 0) is 0 Å². The van der Waals surface area contributed by atoms with Crippen molar-refractivity contribution in [1.82, 2.24) is 0 Å². The first kappa shape index (κ1) is 14.6. The first-order valence-electron chi connectivity index (χ1n) is 5.80. The van der Waals surface area contributed by atoms with Crippen LogP contribution in [0, 0.1) is 0 Å². The molecule has 1 heteroatoms. The fraction of sp³-hybridized carbons (Fsp3) is 0.571. The highest BCUT2D eigenvalue weighted by atomic mass is 32.1. The molecule has 0 aliphatic carbocycles. The molecule has 0 aliphatic rings. The summed E-state index contributed by atoms with van der Waals surface area (Å²) in [4.78, 5) is 0. The Balaban J connectivity index is 3.99. The van der Waals surface area contributed by atoms with Crippen LogP contribution in [0.3, 0.4) is 0 Å². The van der Waals surface area contributed by atoms with Gasteiger partial charge in [-0.05, 0) is 44.3 Å². The van der Waals surface area contributed by atoms with Crippen molar-refractivity contribution in [3.05, 3.63) is 36.5 Å². The van der Waals surface area contributed by atoms with Gasteiger partial charge in [0.15, 0.2) is 0 Å². The maximum Gasteiger partial charge on any atom is -0.00949 e. The highest BCUT2D eigenvalue weighted by Crippen LogP contribution is 2.18. The summed E-state index contributed by atoms with van der Waals surface area (Å²) in [6, 6.07) is 0. The molecule has 0 amide bonds. The number of hydrogen-bond donors (Lipinski definition) is 1. The fourth-order valence-corrected chi connectivity index (χ4v) is 1.56. The van der Waals surface area contributed by atoms with Gasteiger partial charge in [0.2, 0.25) is 0 Å². The SMILES string of the molecule is C=CCC=C(CCCS)CCC(=C)CC. The molecule has 0 aromatic heterocycles. The van der Waals surface area contributed by atoms with Crippen LogP contribution in [0.15, 0.2) is 36.5 Å². The minimum absolute atomic E-state index is 0.972. The molecule has 0 radical (unpaired) electrons. The van der Waals surface area contributed by atoms with Crippen molar-refractivity contribution < 1.29 is 0 Å². The quantitative estimate of drug-likeness (QED) is 0.416. The van der Waals surface area contributed by atoms with Crippen LogP contribution in [0.1, 0.15) is 45.4 Å². The second-order valence-corrected chi connectivity index (χ2v) is 4.26. The van der Waals surface area contributed by atoms with Crippen LogP contribution < -0.4 is 0 Å². The van der Waals surface area contributed by atoms with E-state index in [1.54, 1.807) is 5.57 Å². The summed E-state index contributed by atoms with van der Waals surface area (Å²) in [5, 5.41) is 0. The number of hydrogen-bond acceptors (Lipinski definition) is 1. The smallest absolute Gasteiger partial charge is 0.00949 e. The topological polar surface area (TPSA) is 0 Å². The molecule has 0 spiro atoms. The monoisotopic (exact) mass is 224 g/mol. The van der Waals surface area contributed by atoms with Crippen molar-refractivity contribution >= 4 is 12.6 Å². The highest BCUT2D eigenvalue weighted by Gasteiger charge is 1.98. The van der Waals surface area contributed by atoms with E-state index in [1.807, 2.05) is 6.08 Å². The van der Waals surface area contributed by atoms with E-state index in [2.05, 4.69) is 38.8 Å². The Morgan fingerprint density at radius 1 is 1.27 bits per heavy atom. The van der Waals surface area contributed by atoms with E-state index in [4.69, 9.17) is 0 Å². The zero-order chi connectivity index (χ0) is 11.5. The zero-order valence-corrected chi connectivity index (χ0v) is 10.9. The predicted molar refractivity (Wildman–Crippen MR) is 74.6 cm³/mol. The first-order chi connectivity index (χ1) is 7.24. The van der Waals surface area contributed by atoms with E-state index in [0.717, 1.165) is 31.4 Å². The van der Waals surface area contributed by atoms with Gasteiger partial charge in [-0.1, -0.05) is 36.8 Å². The van der Waals surface area contributed by atoms with Crippen LogP contribution in [0.25, 0.3) is 0 Å². The number of allylic oxidation sites excluding steroid dienone is 4. The van der Waals surface area contributed by atoms with Gasteiger partial charge in [0, 0.05) is 0 Å². The standard InChI is InChI=1S/C14H24S/c1-4-6-8-14(9-7-12-15)11-10-13(3)5-2/h4,8,15H,1,3,5-7,9-12H2,2H3. The molecule has 0 fully saturated rings. The molecule has 0 nitrogen and oxygen atoms in total. The Kier molecular flexibility index (Phi) is 9.81. The summed E-state index contributed by atoms with van der Waals surface area (Å²) in [6.45, 7) is 9.96. The van der Waals surface area contributed by atoms with Crippen LogP contribution in [0.4, 0.5) is 0 Å². The third-order valence-corrected chi connectivity index (χ3v) is 2.85. The van der Waals surface area contributed by atoms with Crippen molar-refractivity contribution in [2.24, 2.45) is 0 Å². The number of rotatable bonds is 9. The molecule has 0 rings (SSSR count). The molecule has 0 saturated heterocycles. The van der Waals surface area contributed by atoms with Crippen LogP contribution in [-0.4, -0.2) is 5.75 Å². The minimum Gasteiger partial charge on any atom is -0.179 e. The Morgan fingerprint density at radius 3 is 2.53 bits per heavy atom. The third-order valence-electron chi connectivity index (χ3n) is 2.53.